The molecule has 0 radical (unpaired) electrons. The molecule has 0 amide bonds. The smallest absolute Gasteiger partial charge is 0.0897 e. The molecule has 1 atom stereocenters. The van der Waals surface area contributed by atoms with Gasteiger partial charge in [-0.05, 0) is 46.5 Å². The minimum atomic E-state index is -0.832. The van der Waals surface area contributed by atoms with Crippen LogP contribution in [0.1, 0.15) is 40.5 Å². The second-order valence-corrected chi connectivity index (χ2v) is 6.20. The Balaban J connectivity index is 2.14. The highest BCUT2D eigenvalue weighted by Gasteiger charge is 2.34. The van der Waals surface area contributed by atoms with Crippen molar-refractivity contribution in [1.82, 2.24) is 5.32 Å². The summed E-state index contributed by atoms with van der Waals surface area (Å²) >= 11 is 0. The Morgan fingerprint density at radius 3 is 2.35 bits per heavy atom. The number of hydrogen-bond acceptors (Lipinski definition) is 4. The molecule has 0 aliphatic heterocycles. The van der Waals surface area contributed by atoms with Gasteiger partial charge in [-0.2, -0.15) is 0 Å². The summed E-state index contributed by atoms with van der Waals surface area (Å²) in [5, 5.41) is 22.9. The molecule has 4 heteroatoms. The second kappa shape index (κ2) is 5.65. The van der Waals surface area contributed by atoms with Crippen LogP contribution in [0.15, 0.2) is 0 Å². The third-order valence-corrected chi connectivity index (χ3v) is 3.67. The van der Waals surface area contributed by atoms with Gasteiger partial charge in [0, 0.05) is 18.7 Å². The van der Waals surface area contributed by atoms with Crippen LogP contribution in [-0.4, -0.2) is 47.2 Å². The number of β-amino-alcohol motifs (C(OH)–C–C–N with tert-alkyl or cyclic N) is 1. The molecule has 0 spiro atoms. The Kier molecular flexibility index (Phi) is 4.95. The van der Waals surface area contributed by atoms with Crippen LogP contribution in [0.4, 0.5) is 0 Å². The number of nitrogens with one attached hydrogen (secondary N) is 1. The number of aliphatic hydroxyl groups is 2. The highest BCUT2D eigenvalue weighted by molar-refractivity contribution is 4.93. The molecule has 1 rings (SSSR count). The van der Waals surface area contributed by atoms with Gasteiger partial charge in [-0.25, -0.2) is 0 Å². The Bertz CT molecular complexity index is 231. The van der Waals surface area contributed by atoms with E-state index in [0.29, 0.717) is 13.2 Å². The predicted molar refractivity (Wildman–Crippen MR) is 67.9 cm³/mol. The molecule has 0 heterocycles. The zero-order valence-corrected chi connectivity index (χ0v) is 11.5. The number of ether oxygens (including phenoxy) is 1. The van der Waals surface area contributed by atoms with Gasteiger partial charge >= 0.3 is 0 Å². The van der Waals surface area contributed by atoms with E-state index in [9.17, 15) is 10.2 Å². The molecular formula is C13H27NO3. The van der Waals surface area contributed by atoms with E-state index >= 15 is 0 Å². The van der Waals surface area contributed by atoms with Crippen molar-refractivity contribution in [2.24, 2.45) is 5.92 Å². The van der Waals surface area contributed by atoms with Crippen LogP contribution in [0.25, 0.3) is 0 Å². The van der Waals surface area contributed by atoms with Crippen LogP contribution in [0.3, 0.4) is 0 Å². The quantitative estimate of drug-likeness (QED) is 0.595. The van der Waals surface area contributed by atoms with Crippen LogP contribution in [0, 0.1) is 5.92 Å². The van der Waals surface area contributed by atoms with Gasteiger partial charge < -0.3 is 20.3 Å². The summed E-state index contributed by atoms with van der Waals surface area (Å²) in [6.07, 6.45) is 2.01. The monoisotopic (exact) mass is 245 g/mol. The van der Waals surface area contributed by atoms with Gasteiger partial charge in [0.2, 0.25) is 0 Å². The van der Waals surface area contributed by atoms with Crippen molar-refractivity contribution in [3.05, 3.63) is 0 Å². The van der Waals surface area contributed by atoms with Gasteiger partial charge in [-0.1, -0.05) is 0 Å². The fraction of sp³-hybridized carbons (Fsp3) is 1.00. The third-order valence-electron chi connectivity index (χ3n) is 3.67. The summed E-state index contributed by atoms with van der Waals surface area (Å²) in [5.41, 5.74) is -1.27. The lowest BCUT2D eigenvalue weighted by Gasteiger charge is -2.38. The van der Waals surface area contributed by atoms with Gasteiger partial charge in [-0.15, -0.1) is 0 Å². The highest BCUT2D eigenvalue weighted by Crippen LogP contribution is 2.28. The van der Waals surface area contributed by atoms with E-state index in [1.165, 1.54) is 12.8 Å². The van der Waals surface area contributed by atoms with Crippen LogP contribution >= 0.6 is 0 Å². The zero-order valence-electron chi connectivity index (χ0n) is 11.5. The van der Waals surface area contributed by atoms with Crippen LogP contribution in [-0.2, 0) is 4.74 Å². The van der Waals surface area contributed by atoms with Crippen molar-refractivity contribution in [3.8, 4) is 0 Å². The van der Waals surface area contributed by atoms with Crippen molar-refractivity contribution in [2.75, 3.05) is 19.8 Å². The standard InChI is InChI=1S/C13H27NO3/c1-12(2,13(3,4)16)14-7-11(15)9-17-8-10-5-6-10/h10-11,14-16H,5-9H2,1-4H3. The summed E-state index contributed by atoms with van der Waals surface area (Å²) in [5.74, 6) is 0.725. The fourth-order valence-corrected chi connectivity index (χ4v) is 1.30. The summed E-state index contributed by atoms with van der Waals surface area (Å²) in [4.78, 5) is 0. The lowest BCUT2D eigenvalue weighted by atomic mass is 9.86. The lowest BCUT2D eigenvalue weighted by Crippen LogP contribution is -2.57. The molecule has 0 aromatic carbocycles. The average molecular weight is 245 g/mol. The van der Waals surface area contributed by atoms with Crippen LogP contribution < -0.4 is 5.32 Å². The Morgan fingerprint density at radius 2 is 1.88 bits per heavy atom. The number of rotatable bonds is 8. The van der Waals surface area contributed by atoms with E-state index in [1.807, 2.05) is 13.8 Å². The molecule has 0 aromatic rings. The molecule has 1 saturated carbocycles. The molecule has 1 fully saturated rings. The average Bonchev–Trinajstić information content (AvgIpc) is 2.97. The normalized spacial score (nSPS) is 19.4. The van der Waals surface area contributed by atoms with E-state index in [-0.39, 0.29) is 0 Å². The summed E-state index contributed by atoms with van der Waals surface area (Å²) in [6, 6.07) is 0. The largest absolute Gasteiger partial charge is 0.389 e. The van der Waals surface area contributed by atoms with Crippen molar-refractivity contribution in [3.63, 3.8) is 0 Å². The first kappa shape index (κ1) is 14.9. The Labute approximate surface area is 104 Å². The first-order chi connectivity index (χ1) is 7.72. The topological polar surface area (TPSA) is 61.7 Å². The summed E-state index contributed by atoms with van der Waals surface area (Å²) in [7, 11) is 0. The maximum Gasteiger partial charge on any atom is 0.0897 e. The molecule has 0 bridgehead atoms. The molecule has 0 aromatic heterocycles. The Hall–Kier alpha value is -0.160. The third kappa shape index (κ3) is 5.34. The molecule has 3 N–H and O–H groups in total. The maximum atomic E-state index is 9.94. The van der Waals surface area contributed by atoms with Crippen molar-refractivity contribution < 1.29 is 14.9 Å². The molecule has 17 heavy (non-hydrogen) atoms. The van der Waals surface area contributed by atoms with Crippen molar-refractivity contribution in [2.45, 2.75) is 57.8 Å². The Morgan fingerprint density at radius 1 is 1.29 bits per heavy atom. The minimum Gasteiger partial charge on any atom is -0.389 e. The molecule has 1 aliphatic rings. The van der Waals surface area contributed by atoms with Crippen LogP contribution in [0.5, 0.6) is 0 Å². The van der Waals surface area contributed by atoms with Crippen LogP contribution in [0.2, 0.25) is 0 Å². The van der Waals surface area contributed by atoms with Crippen molar-refractivity contribution in [1.29, 1.82) is 0 Å². The van der Waals surface area contributed by atoms with Crippen molar-refractivity contribution >= 4 is 0 Å². The fourth-order valence-electron chi connectivity index (χ4n) is 1.30. The molecule has 102 valence electrons. The van der Waals surface area contributed by atoms with Gasteiger partial charge in [-0.3, -0.25) is 0 Å². The zero-order chi connectivity index (χ0) is 13.1. The summed E-state index contributed by atoms with van der Waals surface area (Å²) < 4.78 is 5.42. The van der Waals surface area contributed by atoms with E-state index in [2.05, 4.69) is 5.32 Å². The first-order valence-corrected chi connectivity index (χ1v) is 6.45. The van der Waals surface area contributed by atoms with E-state index < -0.39 is 17.2 Å². The highest BCUT2D eigenvalue weighted by atomic mass is 16.5. The number of hydrogen-bond donors (Lipinski definition) is 3. The number of aliphatic hydroxyl groups excluding tert-OH is 1. The molecule has 0 saturated heterocycles. The van der Waals surface area contributed by atoms with E-state index in [4.69, 9.17) is 4.74 Å². The van der Waals surface area contributed by atoms with E-state index in [1.54, 1.807) is 13.8 Å². The first-order valence-electron chi connectivity index (χ1n) is 6.45. The maximum absolute atomic E-state index is 9.94. The summed E-state index contributed by atoms with van der Waals surface area (Å²) in [6.45, 7) is 8.93. The minimum absolute atomic E-state index is 0.367. The van der Waals surface area contributed by atoms with E-state index in [0.717, 1.165) is 12.5 Å². The SMILES string of the molecule is CC(C)(O)C(C)(C)NCC(O)COCC1CC1. The second-order valence-electron chi connectivity index (χ2n) is 6.20. The van der Waals surface area contributed by atoms with Gasteiger partial charge in [0.15, 0.2) is 0 Å². The van der Waals surface area contributed by atoms with Gasteiger partial charge in [0.05, 0.1) is 18.3 Å². The molecule has 4 nitrogen and oxygen atoms in total. The molecular weight excluding hydrogens is 218 g/mol. The van der Waals surface area contributed by atoms with Gasteiger partial charge in [0.25, 0.3) is 0 Å². The lowest BCUT2D eigenvalue weighted by molar-refractivity contribution is -0.0183. The molecule has 1 aliphatic carbocycles. The predicted octanol–water partition coefficient (Wildman–Crippen LogP) is 0.913. The van der Waals surface area contributed by atoms with Gasteiger partial charge in [0.1, 0.15) is 0 Å². The molecule has 1 unspecified atom stereocenters.